The number of nitrogens with zero attached hydrogens (tertiary/aromatic N) is 1. The largest absolute Gasteiger partial charge is 0.373 e. The molecule has 0 saturated carbocycles. The van der Waals surface area contributed by atoms with Gasteiger partial charge in [0.05, 0.1) is 28.5 Å². The van der Waals surface area contributed by atoms with Crippen LogP contribution in [0.3, 0.4) is 0 Å². The molecule has 186 valence electrons. The van der Waals surface area contributed by atoms with Crippen molar-refractivity contribution in [3.05, 3.63) is 125 Å². The van der Waals surface area contributed by atoms with Gasteiger partial charge in [-0.25, -0.2) is 0 Å². The molecule has 1 aromatic heterocycles. The van der Waals surface area contributed by atoms with E-state index in [4.69, 9.17) is 0 Å². The highest BCUT2D eigenvalue weighted by molar-refractivity contribution is 6.10. The Kier molecular flexibility index (Phi) is 4.52. The maximum atomic E-state index is 3.95. The summed E-state index contributed by atoms with van der Waals surface area (Å²) in [7, 11) is 0. The van der Waals surface area contributed by atoms with Gasteiger partial charge in [-0.2, -0.15) is 0 Å². The van der Waals surface area contributed by atoms with Gasteiger partial charge in [-0.05, 0) is 65.4 Å². The van der Waals surface area contributed by atoms with Crippen LogP contribution < -0.4 is 10.6 Å². The molecule has 2 heterocycles. The lowest BCUT2D eigenvalue weighted by molar-refractivity contribution is 0.506. The average molecular weight is 494 g/mol. The molecular formula is C35H31N3. The molecule has 3 heteroatoms. The van der Waals surface area contributed by atoms with Gasteiger partial charge in [-0.3, -0.25) is 0 Å². The Morgan fingerprint density at radius 1 is 0.763 bits per heavy atom. The number of para-hydroxylation sites is 3. The van der Waals surface area contributed by atoms with Crippen LogP contribution in [0, 0.1) is 0 Å². The Morgan fingerprint density at radius 3 is 2.34 bits per heavy atom. The third-order valence-electron chi connectivity index (χ3n) is 9.03. The Bertz CT molecular complexity index is 1800. The molecule has 3 aliphatic rings. The van der Waals surface area contributed by atoms with Gasteiger partial charge in [0.15, 0.2) is 0 Å². The molecule has 1 aliphatic heterocycles. The quantitative estimate of drug-likeness (QED) is 0.257. The number of allylic oxidation sites excluding steroid dienone is 4. The first-order chi connectivity index (χ1) is 18.6. The second-order valence-electron chi connectivity index (χ2n) is 11.4. The van der Waals surface area contributed by atoms with Gasteiger partial charge in [-0.15, -0.1) is 0 Å². The van der Waals surface area contributed by atoms with Crippen molar-refractivity contribution in [1.29, 1.82) is 0 Å². The molecule has 8 rings (SSSR count). The molecule has 0 saturated heterocycles. The zero-order valence-corrected chi connectivity index (χ0v) is 21.8. The van der Waals surface area contributed by atoms with Gasteiger partial charge in [0.2, 0.25) is 0 Å². The molecule has 38 heavy (non-hydrogen) atoms. The Balaban J connectivity index is 1.41. The SMILES string of the molecule is CC1(C)C2=C(C=CCC2)c2cc3c4ccccc4n(C4Nc5ccccc5NC4c4ccccc4)c3cc21. The van der Waals surface area contributed by atoms with E-state index in [0.29, 0.717) is 0 Å². The summed E-state index contributed by atoms with van der Waals surface area (Å²) in [6, 6.07) is 33.3. The third kappa shape index (κ3) is 2.96. The summed E-state index contributed by atoms with van der Waals surface area (Å²) in [5, 5.41) is 10.5. The topological polar surface area (TPSA) is 29.0 Å². The van der Waals surface area contributed by atoms with Gasteiger partial charge in [-0.1, -0.05) is 92.2 Å². The number of nitrogens with one attached hydrogen (secondary N) is 2. The van der Waals surface area contributed by atoms with E-state index >= 15 is 0 Å². The van der Waals surface area contributed by atoms with E-state index in [1.807, 2.05) is 0 Å². The molecule has 3 nitrogen and oxygen atoms in total. The minimum absolute atomic E-state index is 0.000236. The molecule has 0 spiro atoms. The first-order valence-electron chi connectivity index (χ1n) is 13.8. The van der Waals surface area contributed by atoms with E-state index in [0.717, 1.165) is 24.2 Å². The third-order valence-corrected chi connectivity index (χ3v) is 9.03. The van der Waals surface area contributed by atoms with E-state index in [-0.39, 0.29) is 17.6 Å². The number of fused-ring (bicyclic) bond motifs is 6. The van der Waals surface area contributed by atoms with Crippen LogP contribution in [0.5, 0.6) is 0 Å². The lowest BCUT2D eigenvalue weighted by Gasteiger charge is -2.38. The fourth-order valence-electron chi connectivity index (χ4n) is 7.18. The van der Waals surface area contributed by atoms with Crippen molar-refractivity contribution in [2.24, 2.45) is 0 Å². The highest BCUT2D eigenvalue weighted by Crippen LogP contribution is 2.52. The normalized spacial score (nSPS) is 21.1. The van der Waals surface area contributed by atoms with E-state index in [2.05, 4.69) is 132 Å². The molecule has 2 N–H and O–H groups in total. The fourth-order valence-corrected chi connectivity index (χ4v) is 7.18. The van der Waals surface area contributed by atoms with E-state index in [1.54, 1.807) is 5.57 Å². The number of hydrogen-bond acceptors (Lipinski definition) is 2. The molecule has 4 aromatic carbocycles. The standard InChI is InChI=1S/C35H31N3/c1-35(2)27-16-8-6-14-23(27)25-20-26-24-15-7-11-19-31(24)38(32(26)21-28(25)35)34-33(22-12-4-3-5-13-22)36-29-17-9-10-18-30(29)37-34/h3-7,9-15,17-21,33-34,36-37H,8,16H2,1-2H3. The van der Waals surface area contributed by atoms with Gasteiger partial charge in [0, 0.05) is 16.2 Å². The molecule has 0 bridgehead atoms. The zero-order valence-electron chi connectivity index (χ0n) is 21.8. The summed E-state index contributed by atoms with van der Waals surface area (Å²) in [6.45, 7) is 4.82. The fraction of sp³-hybridized carbons (Fsp3) is 0.200. The minimum Gasteiger partial charge on any atom is -0.373 e. The molecular weight excluding hydrogens is 462 g/mol. The van der Waals surface area contributed by atoms with Crippen molar-refractivity contribution >= 4 is 38.8 Å². The lowest BCUT2D eigenvalue weighted by atomic mass is 9.78. The Hall–Kier alpha value is -4.24. The smallest absolute Gasteiger partial charge is 0.129 e. The minimum atomic E-state index is -0.000236. The Morgan fingerprint density at radius 2 is 1.50 bits per heavy atom. The summed E-state index contributed by atoms with van der Waals surface area (Å²) in [5.74, 6) is 0. The zero-order chi connectivity index (χ0) is 25.4. The van der Waals surface area contributed by atoms with Crippen molar-refractivity contribution < 1.29 is 0 Å². The van der Waals surface area contributed by atoms with Gasteiger partial charge in [0.25, 0.3) is 0 Å². The summed E-state index contributed by atoms with van der Waals surface area (Å²) < 4.78 is 2.55. The number of rotatable bonds is 2. The van der Waals surface area contributed by atoms with E-state index in [9.17, 15) is 0 Å². The van der Waals surface area contributed by atoms with Crippen LogP contribution in [0.2, 0.25) is 0 Å². The highest BCUT2D eigenvalue weighted by Gasteiger charge is 2.39. The van der Waals surface area contributed by atoms with Crippen molar-refractivity contribution in [3.8, 4) is 0 Å². The molecule has 0 radical (unpaired) electrons. The van der Waals surface area contributed by atoms with Crippen LogP contribution in [0.1, 0.15) is 55.6 Å². The summed E-state index contributed by atoms with van der Waals surface area (Å²) in [4.78, 5) is 0. The molecule has 2 unspecified atom stereocenters. The van der Waals surface area contributed by atoms with Crippen LogP contribution in [0.25, 0.3) is 27.4 Å². The summed E-state index contributed by atoms with van der Waals surface area (Å²) >= 11 is 0. The highest BCUT2D eigenvalue weighted by atomic mass is 15.3. The Labute approximate surface area is 223 Å². The monoisotopic (exact) mass is 493 g/mol. The average Bonchev–Trinajstić information content (AvgIpc) is 3.40. The lowest BCUT2D eigenvalue weighted by Crippen LogP contribution is -2.34. The molecule has 5 aromatic rings. The van der Waals surface area contributed by atoms with E-state index < -0.39 is 0 Å². The maximum Gasteiger partial charge on any atom is 0.129 e. The van der Waals surface area contributed by atoms with E-state index in [1.165, 1.54) is 44.1 Å². The van der Waals surface area contributed by atoms with Crippen LogP contribution in [0.4, 0.5) is 11.4 Å². The van der Waals surface area contributed by atoms with Crippen molar-refractivity contribution in [2.75, 3.05) is 10.6 Å². The van der Waals surface area contributed by atoms with Crippen LogP contribution >= 0.6 is 0 Å². The number of benzene rings is 4. The van der Waals surface area contributed by atoms with Crippen molar-refractivity contribution in [1.82, 2.24) is 4.57 Å². The van der Waals surface area contributed by atoms with Crippen LogP contribution in [-0.4, -0.2) is 4.57 Å². The van der Waals surface area contributed by atoms with Gasteiger partial charge >= 0.3 is 0 Å². The van der Waals surface area contributed by atoms with Gasteiger partial charge in [0.1, 0.15) is 6.17 Å². The van der Waals surface area contributed by atoms with Crippen LogP contribution in [0.15, 0.2) is 109 Å². The molecule has 2 aliphatic carbocycles. The second kappa shape index (κ2) is 7.88. The maximum absolute atomic E-state index is 3.95. The number of aromatic nitrogens is 1. The molecule has 0 amide bonds. The molecule has 2 atom stereocenters. The predicted molar refractivity (Wildman–Crippen MR) is 160 cm³/mol. The summed E-state index contributed by atoms with van der Waals surface area (Å²) in [5.41, 5.74) is 12.0. The second-order valence-corrected chi connectivity index (χ2v) is 11.4. The molecule has 0 fully saturated rings. The first-order valence-corrected chi connectivity index (χ1v) is 13.8. The van der Waals surface area contributed by atoms with Crippen LogP contribution in [-0.2, 0) is 5.41 Å². The van der Waals surface area contributed by atoms with Crippen molar-refractivity contribution in [2.45, 2.75) is 44.3 Å². The van der Waals surface area contributed by atoms with Gasteiger partial charge < -0.3 is 15.2 Å². The first kappa shape index (κ1) is 21.8. The number of anilines is 2. The van der Waals surface area contributed by atoms with Crippen molar-refractivity contribution in [3.63, 3.8) is 0 Å². The number of hydrogen-bond donors (Lipinski definition) is 2. The predicted octanol–water partition coefficient (Wildman–Crippen LogP) is 8.97. The summed E-state index contributed by atoms with van der Waals surface area (Å²) in [6.07, 6.45) is 7.00.